The van der Waals surface area contributed by atoms with Crippen LogP contribution in [0.5, 0.6) is 23.5 Å². The summed E-state index contributed by atoms with van der Waals surface area (Å²) in [6, 6.07) is 15.2. The van der Waals surface area contributed by atoms with Gasteiger partial charge in [-0.3, -0.25) is 0 Å². The molecule has 22 heavy (non-hydrogen) atoms. The first kappa shape index (κ1) is 14.9. The molecular formula is C15H9Br2N3O2. The Labute approximate surface area is 143 Å². The molecule has 3 rings (SSSR count). The fraction of sp³-hybridized carbons (Fsp3) is 0. The number of rotatable bonds is 4. The molecule has 0 aliphatic heterocycles. The van der Waals surface area contributed by atoms with Gasteiger partial charge in [0.1, 0.15) is 17.8 Å². The molecule has 0 aliphatic carbocycles. The van der Waals surface area contributed by atoms with Gasteiger partial charge in [0, 0.05) is 0 Å². The predicted octanol–water partition coefficient (Wildman–Crippen LogP) is 4.98. The monoisotopic (exact) mass is 421 g/mol. The fourth-order valence-electron chi connectivity index (χ4n) is 1.62. The zero-order valence-electron chi connectivity index (χ0n) is 11.1. The molecule has 0 aliphatic rings. The highest BCUT2D eigenvalue weighted by Gasteiger charge is 2.09. The summed E-state index contributed by atoms with van der Waals surface area (Å²) in [5.74, 6) is 1.22. The first-order valence-corrected chi connectivity index (χ1v) is 7.85. The van der Waals surface area contributed by atoms with Gasteiger partial charge in [-0.15, -0.1) is 4.98 Å². The van der Waals surface area contributed by atoms with Gasteiger partial charge in [0.2, 0.25) is 0 Å². The lowest BCUT2D eigenvalue weighted by atomic mass is 10.3. The number of aromatic nitrogens is 3. The quantitative estimate of drug-likeness (QED) is 0.593. The molecule has 0 N–H and O–H groups in total. The maximum atomic E-state index is 5.62. The molecule has 0 amide bonds. The van der Waals surface area contributed by atoms with Gasteiger partial charge in [0.05, 0.1) is 8.95 Å². The molecule has 1 aromatic heterocycles. The Morgan fingerprint density at radius 3 is 1.59 bits per heavy atom. The summed E-state index contributed by atoms with van der Waals surface area (Å²) in [6.07, 6.45) is 1.34. The largest absolute Gasteiger partial charge is 0.423 e. The lowest BCUT2D eigenvalue weighted by Gasteiger charge is -2.07. The molecule has 0 saturated heterocycles. The number of para-hydroxylation sites is 2. The number of ether oxygens (including phenoxy) is 2. The molecule has 7 heteroatoms. The summed E-state index contributed by atoms with van der Waals surface area (Å²) in [7, 11) is 0. The van der Waals surface area contributed by atoms with E-state index in [-0.39, 0.29) is 12.0 Å². The fourth-order valence-corrected chi connectivity index (χ4v) is 2.35. The molecule has 5 nitrogen and oxygen atoms in total. The second-order valence-electron chi connectivity index (χ2n) is 4.12. The zero-order valence-corrected chi connectivity index (χ0v) is 14.3. The second kappa shape index (κ2) is 6.85. The third-order valence-corrected chi connectivity index (χ3v) is 3.91. The average Bonchev–Trinajstić information content (AvgIpc) is 2.52. The number of hydrogen-bond acceptors (Lipinski definition) is 5. The second-order valence-corrected chi connectivity index (χ2v) is 5.82. The smallest absolute Gasteiger partial charge is 0.328 e. The van der Waals surface area contributed by atoms with E-state index in [0.29, 0.717) is 11.5 Å². The van der Waals surface area contributed by atoms with Crippen molar-refractivity contribution in [3.8, 4) is 23.5 Å². The molecular weight excluding hydrogens is 414 g/mol. The molecule has 0 saturated carbocycles. The highest BCUT2D eigenvalue weighted by molar-refractivity contribution is 9.10. The Hall–Kier alpha value is -1.99. The lowest BCUT2D eigenvalue weighted by Crippen LogP contribution is -1.97. The van der Waals surface area contributed by atoms with Crippen LogP contribution in [-0.4, -0.2) is 15.0 Å². The Morgan fingerprint density at radius 1 is 0.682 bits per heavy atom. The van der Waals surface area contributed by atoms with Crippen LogP contribution in [0.25, 0.3) is 0 Å². The zero-order chi connectivity index (χ0) is 15.4. The van der Waals surface area contributed by atoms with Gasteiger partial charge in [0.25, 0.3) is 0 Å². The lowest BCUT2D eigenvalue weighted by molar-refractivity contribution is 0.395. The highest BCUT2D eigenvalue weighted by Crippen LogP contribution is 2.30. The molecule has 1 heterocycles. The van der Waals surface area contributed by atoms with Crippen LogP contribution in [0.2, 0.25) is 0 Å². The van der Waals surface area contributed by atoms with E-state index in [0.717, 1.165) is 8.95 Å². The van der Waals surface area contributed by atoms with Gasteiger partial charge >= 0.3 is 12.0 Å². The van der Waals surface area contributed by atoms with Crippen LogP contribution in [0.3, 0.4) is 0 Å². The van der Waals surface area contributed by atoms with Crippen LogP contribution in [0.15, 0.2) is 63.8 Å². The summed E-state index contributed by atoms with van der Waals surface area (Å²) in [4.78, 5) is 12.1. The average molecular weight is 423 g/mol. The molecule has 0 spiro atoms. The van der Waals surface area contributed by atoms with E-state index >= 15 is 0 Å². The molecule has 0 radical (unpaired) electrons. The number of benzene rings is 2. The van der Waals surface area contributed by atoms with Gasteiger partial charge in [-0.1, -0.05) is 24.3 Å². The Balaban J connectivity index is 1.81. The van der Waals surface area contributed by atoms with Crippen molar-refractivity contribution < 1.29 is 9.47 Å². The van der Waals surface area contributed by atoms with Crippen molar-refractivity contribution in [2.45, 2.75) is 0 Å². The third kappa shape index (κ3) is 3.61. The van der Waals surface area contributed by atoms with Crippen LogP contribution < -0.4 is 9.47 Å². The minimum atomic E-state index is 0.156. The Morgan fingerprint density at radius 2 is 1.14 bits per heavy atom. The first-order chi connectivity index (χ1) is 10.7. The van der Waals surface area contributed by atoms with Crippen LogP contribution in [0.1, 0.15) is 0 Å². The minimum Gasteiger partial charge on any atom is -0.423 e. The number of nitrogens with zero attached hydrogens (tertiary/aromatic N) is 3. The molecule has 2 aromatic carbocycles. The number of hydrogen-bond donors (Lipinski definition) is 0. The SMILES string of the molecule is Brc1ccccc1Oc1ncnc(Oc2ccccc2Br)n1. The predicted molar refractivity (Wildman–Crippen MR) is 88.3 cm³/mol. The van der Waals surface area contributed by atoms with Crippen molar-refractivity contribution in [1.29, 1.82) is 0 Å². The molecule has 0 fully saturated rings. The highest BCUT2D eigenvalue weighted by atomic mass is 79.9. The van der Waals surface area contributed by atoms with Gasteiger partial charge in [-0.25, -0.2) is 0 Å². The Bertz CT molecular complexity index is 736. The molecule has 0 unspecified atom stereocenters. The maximum absolute atomic E-state index is 5.62. The molecule has 110 valence electrons. The van der Waals surface area contributed by atoms with E-state index in [1.165, 1.54) is 6.33 Å². The maximum Gasteiger partial charge on any atom is 0.328 e. The van der Waals surface area contributed by atoms with Crippen LogP contribution in [0.4, 0.5) is 0 Å². The normalized spacial score (nSPS) is 10.3. The summed E-state index contributed by atoms with van der Waals surface area (Å²) >= 11 is 6.80. The van der Waals surface area contributed by atoms with E-state index in [9.17, 15) is 0 Å². The topological polar surface area (TPSA) is 57.1 Å². The summed E-state index contributed by atoms with van der Waals surface area (Å²) in [5, 5.41) is 0. The third-order valence-electron chi connectivity index (χ3n) is 2.60. The first-order valence-electron chi connectivity index (χ1n) is 6.26. The van der Waals surface area contributed by atoms with Crippen molar-refractivity contribution >= 4 is 31.9 Å². The summed E-state index contributed by atoms with van der Waals surface area (Å²) in [6.45, 7) is 0. The van der Waals surface area contributed by atoms with Gasteiger partial charge in [-0.05, 0) is 56.1 Å². The van der Waals surface area contributed by atoms with Crippen LogP contribution >= 0.6 is 31.9 Å². The number of halogens is 2. The molecule has 0 atom stereocenters. The van der Waals surface area contributed by atoms with Crippen molar-refractivity contribution in [2.75, 3.05) is 0 Å². The standard InChI is InChI=1S/C15H9Br2N3O2/c16-10-5-1-3-7-12(10)21-14-18-9-19-15(20-14)22-13-8-4-2-6-11(13)17/h1-9H. The van der Waals surface area contributed by atoms with Crippen molar-refractivity contribution in [2.24, 2.45) is 0 Å². The van der Waals surface area contributed by atoms with Gasteiger partial charge < -0.3 is 9.47 Å². The van der Waals surface area contributed by atoms with E-state index < -0.39 is 0 Å². The van der Waals surface area contributed by atoms with E-state index in [4.69, 9.17) is 9.47 Å². The van der Waals surface area contributed by atoms with E-state index in [1.807, 2.05) is 48.5 Å². The van der Waals surface area contributed by atoms with Crippen molar-refractivity contribution in [1.82, 2.24) is 15.0 Å². The minimum absolute atomic E-state index is 0.156. The van der Waals surface area contributed by atoms with E-state index in [1.54, 1.807) is 0 Å². The van der Waals surface area contributed by atoms with Crippen LogP contribution in [-0.2, 0) is 0 Å². The van der Waals surface area contributed by atoms with Gasteiger partial charge in [0.15, 0.2) is 0 Å². The summed E-state index contributed by atoms with van der Waals surface area (Å²) < 4.78 is 12.9. The Kier molecular flexibility index (Phi) is 4.65. The molecule has 0 bridgehead atoms. The van der Waals surface area contributed by atoms with Crippen molar-refractivity contribution in [3.63, 3.8) is 0 Å². The molecule has 3 aromatic rings. The van der Waals surface area contributed by atoms with Crippen molar-refractivity contribution in [3.05, 3.63) is 63.8 Å². The summed E-state index contributed by atoms with van der Waals surface area (Å²) in [5.41, 5.74) is 0. The van der Waals surface area contributed by atoms with Crippen LogP contribution in [0, 0.1) is 0 Å². The van der Waals surface area contributed by atoms with Gasteiger partial charge in [-0.2, -0.15) is 9.97 Å². The van der Waals surface area contributed by atoms with E-state index in [2.05, 4.69) is 46.8 Å².